The molecule has 0 bridgehead atoms. The average Bonchev–Trinajstić information content (AvgIpc) is 2.79. The van der Waals surface area contributed by atoms with Crippen molar-refractivity contribution in [3.63, 3.8) is 0 Å². The minimum atomic E-state index is -0.210. The summed E-state index contributed by atoms with van der Waals surface area (Å²) in [5.41, 5.74) is 0. The van der Waals surface area contributed by atoms with Crippen molar-refractivity contribution in [2.75, 3.05) is 31.6 Å². The van der Waals surface area contributed by atoms with Crippen LogP contribution in [0, 0.1) is 12.8 Å². The number of aryl methyl sites for hydroxylation is 1. The van der Waals surface area contributed by atoms with Gasteiger partial charge in [-0.2, -0.15) is 0 Å². The molecule has 2 amide bonds. The zero-order chi connectivity index (χ0) is 15.0. The van der Waals surface area contributed by atoms with Crippen molar-refractivity contribution in [2.24, 2.45) is 5.92 Å². The highest BCUT2D eigenvalue weighted by atomic mass is 16.2. The predicted molar refractivity (Wildman–Crippen MR) is 76.7 cm³/mol. The van der Waals surface area contributed by atoms with E-state index in [9.17, 15) is 9.59 Å². The van der Waals surface area contributed by atoms with Crippen LogP contribution in [0.4, 0.5) is 5.82 Å². The van der Waals surface area contributed by atoms with Crippen LogP contribution in [0.25, 0.3) is 0 Å². The molecule has 2 aliphatic rings. The number of nitrogens with one attached hydrogen (secondary N) is 1. The second-order valence-electron chi connectivity index (χ2n) is 5.58. The number of carbonyl (C=O) groups excluding carboxylic acids is 2. The largest absolute Gasteiger partial charge is 0.359 e. The Hall–Kier alpha value is -2.18. The Morgan fingerprint density at radius 1 is 1.38 bits per heavy atom. The third-order valence-electron chi connectivity index (χ3n) is 4.16. The summed E-state index contributed by atoms with van der Waals surface area (Å²) in [6.07, 6.45) is 2.07. The Balaban J connectivity index is 1.59. The van der Waals surface area contributed by atoms with Crippen LogP contribution in [0.15, 0.2) is 12.3 Å². The molecule has 1 unspecified atom stereocenters. The Morgan fingerprint density at radius 3 is 2.81 bits per heavy atom. The Morgan fingerprint density at radius 2 is 2.14 bits per heavy atom. The van der Waals surface area contributed by atoms with Gasteiger partial charge in [0.15, 0.2) is 0 Å². The smallest absolute Gasteiger partial charge is 0.225 e. The van der Waals surface area contributed by atoms with E-state index in [1.165, 1.54) is 0 Å². The first kappa shape index (κ1) is 13.8. The van der Waals surface area contributed by atoms with E-state index in [0.717, 1.165) is 24.7 Å². The molecule has 2 aliphatic heterocycles. The van der Waals surface area contributed by atoms with E-state index in [2.05, 4.69) is 20.2 Å². The van der Waals surface area contributed by atoms with Gasteiger partial charge in [0.1, 0.15) is 11.6 Å². The maximum atomic E-state index is 12.0. The number of carbonyl (C=O) groups is 2. The van der Waals surface area contributed by atoms with E-state index in [4.69, 9.17) is 0 Å². The summed E-state index contributed by atoms with van der Waals surface area (Å²) in [4.78, 5) is 36.1. The van der Waals surface area contributed by atoms with Gasteiger partial charge in [-0.15, -0.1) is 0 Å². The minimum Gasteiger partial charge on any atom is -0.359 e. The van der Waals surface area contributed by atoms with Gasteiger partial charge in [0, 0.05) is 39.3 Å². The maximum Gasteiger partial charge on any atom is 0.225 e. The number of likely N-dealkylation sites (tertiary alicyclic amines) is 1. The molecule has 7 nitrogen and oxygen atoms in total. The number of hydrogen-bond donors (Lipinski definition) is 1. The van der Waals surface area contributed by atoms with Gasteiger partial charge < -0.3 is 15.1 Å². The standard InChI is InChI=1S/C14H19N5O2/c1-9-16-4-3-12(17-9)18-7-11(8-18)19-6-10(5-13(19)20)14(21)15-2/h3-4,10-11H,5-8H2,1-2H3,(H,15,21). The molecule has 3 rings (SSSR count). The fourth-order valence-electron chi connectivity index (χ4n) is 2.92. The lowest BCUT2D eigenvalue weighted by molar-refractivity contribution is -0.130. The summed E-state index contributed by atoms with van der Waals surface area (Å²) in [6.45, 7) is 3.92. The highest BCUT2D eigenvalue weighted by molar-refractivity contribution is 5.89. The molecule has 7 heteroatoms. The highest BCUT2D eigenvalue weighted by Crippen LogP contribution is 2.27. The molecule has 0 spiro atoms. The Labute approximate surface area is 123 Å². The number of hydrogen-bond acceptors (Lipinski definition) is 5. The molecule has 1 atom stereocenters. The molecule has 2 saturated heterocycles. The second kappa shape index (κ2) is 5.31. The van der Waals surface area contributed by atoms with Crippen LogP contribution < -0.4 is 10.2 Å². The quantitative estimate of drug-likeness (QED) is 0.817. The van der Waals surface area contributed by atoms with Gasteiger partial charge >= 0.3 is 0 Å². The molecule has 21 heavy (non-hydrogen) atoms. The van der Waals surface area contributed by atoms with Crippen molar-refractivity contribution < 1.29 is 9.59 Å². The minimum absolute atomic E-state index is 0.0477. The fraction of sp³-hybridized carbons (Fsp3) is 0.571. The number of nitrogens with zero attached hydrogens (tertiary/aromatic N) is 4. The summed E-state index contributed by atoms with van der Waals surface area (Å²) in [6, 6.07) is 2.06. The van der Waals surface area contributed by atoms with Crippen molar-refractivity contribution in [3.8, 4) is 0 Å². The van der Waals surface area contributed by atoms with E-state index in [1.54, 1.807) is 13.2 Å². The molecule has 1 aromatic heterocycles. The van der Waals surface area contributed by atoms with Crippen molar-refractivity contribution in [3.05, 3.63) is 18.1 Å². The third-order valence-corrected chi connectivity index (χ3v) is 4.16. The zero-order valence-electron chi connectivity index (χ0n) is 12.2. The van der Waals surface area contributed by atoms with Gasteiger partial charge in [-0.05, 0) is 13.0 Å². The summed E-state index contributed by atoms with van der Waals surface area (Å²) < 4.78 is 0. The maximum absolute atomic E-state index is 12.0. The van der Waals surface area contributed by atoms with Gasteiger partial charge in [-0.3, -0.25) is 9.59 Å². The number of anilines is 1. The van der Waals surface area contributed by atoms with Gasteiger partial charge in [0.2, 0.25) is 11.8 Å². The predicted octanol–water partition coefficient (Wildman–Crippen LogP) is -0.432. The molecule has 112 valence electrons. The molecule has 0 aromatic carbocycles. The third kappa shape index (κ3) is 2.55. The van der Waals surface area contributed by atoms with Crippen LogP contribution in [0.3, 0.4) is 0 Å². The van der Waals surface area contributed by atoms with Gasteiger partial charge in [-0.25, -0.2) is 9.97 Å². The molecule has 3 heterocycles. The van der Waals surface area contributed by atoms with Crippen molar-refractivity contribution >= 4 is 17.6 Å². The first-order chi connectivity index (χ1) is 10.1. The SMILES string of the molecule is CNC(=O)C1CC(=O)N(C2CN(c3ccnc(C)n3)C2)C1. The summed E-state index contributed by atoms with van der Waals surface area (Å²) in [5, 5.41) is 2.62. The van der Waals surface area contributed by atoms with Crippen LogP contribution in [0.2, 0.25) is 0 Å². The molecule has 0 radical (unpaired) electrons. The number of aromatic nitrogens is 2. The Kier molecular flexibility index (Phi) is 3.48. The first-order valence-corrected chi connectivity index (χ1v) is 7.14. The number of amides is 2. The van der Waals surface area contributed by atoms with Gasteiger partial charge in [-0.1, -0.05) is 0 Å². The van der Waals surface area contributed by atoms with E-state index >= 15 is 0 Å². The summed E-state index contributed by atoms with van der Waals surface area (Å²) in [5.74, 6) is 1.46. The van der Waals surface area contributed by atoms with Crippen LogP contribution in [-0.2, 0) is 9.59 Å². The second-order valence-corrected chi connectivity index (χ2v) is 5.58. The zero-order valence-corrected chi connectivity index (χ0v) is 12.2. The van der Waals surface area contributed by atoms with Crippen LogP contribution in [0.5, 0.6) is 0 Å². The lowest BCUT2D eigenvalue weighted by Gasteiger charge is -2.44. The molecule has 1 aromatic rings. The van der Waals surface area contributed by atoms with Crippen LogP contribution >= 0.6 is 0 Å². The van der Waals surface area contributed by atoms with Crippen LogP contribution in [-0.4, -0.2) is 59.4 Å². The molecule has 0 saturated carbocycles. The van der Waals surface area contributed by atoms with Crippen molar-refractivity contribution in [1.82, 2.24) is 20.2 Å². The first-order valence-electron chi connectivity index (χ1n) is 7.14. The normalized spacial score (nSPS) is 22.4. The van der Waals surface area contributed by atoms with Gasteiger partial charge in [0.05, 0.1) is 12.0 Å². The molecular formula is C14H19N5O2. The fourth-order valence-corrected chi connectivity index (χ4v) is 2.92. The average molecular weight is 289 g/mol. The van der Waals surface area contributed by atoms with Crippen molar-refractivity contribution in [1.29, 1.82) is 0 Å². The Bertz CT molecular complexity index is 570. The monoisotopic (exact) mass is 289 g/mol. The molecule has 0 aliphatic carbocycles. The molecule has 1 N–H and O–H groups in total. The van der Waals surface area contributed by atoms with Gasteiger partial charge in [0.25, 0.3) is 0 Å². The number of rotatable bonds is 3. The van der Waals surface area contributed by atoms with Crippen molar-refractivity contribution in [2.45, 2.75) is 19.4 Å². The molecule has 2 fully saturated rings. The lowest BCUT2D eigenvalue weighted by atomic mass is 10.1. The topological polar surface area (TPSA) is 78.4 Å². The van der Waals surface area contributed by atoms with E-state index in [-0.39, 0.29) is 23.8 Å². The van der Waals surface area contributed by atoms with E-state index in [0.29, 0.717) is 13.0 Å². The lowest BCUT2D eigenvalue weighted by Crippen LogP contribution is -2.60. The summed E-state index contributed by atoms with van der Waals surface area (Å²) in [7, 11) is 1.61. The van der Waals surface area contributed by atoms with E-state index < -0.39 is 0 Å². The molecular weight excluding hydrogens is 270 g/mol. The van der Waals surface area contributed by atoms with E-state index in [1.807, 2.05) is 17.9 Å². The highest BCUT2D eigenvalue weighted by Gasteiger charge is 2.42. The summed E-state index contributed by atoms with van der Waals surface area (Å²) >= 11 is 0. The van der Waals surface area contributed by atoms with Crippen LogP contribution in [0.1, 0.15) is 12.2 Å².